The fraction of sp³-hybridized carbons (Fsp3) is 0.375. The van der Waals surface area contributed by atoms with Crippen molar-refractivity contribution in [3.8, 4) is 0 Å². The third kappa shape index (κ3) is 4.00. The van der Waals surface area contributed by atoms with E-state index in [-0.39, 0.29) is 12.2 Å². The lowest BCUT2D eigenvalue weighted by Crippen LogP contribution is -2.29. The molecule has 1 aromatic carbocycles. The Kier molecular flexibility index (Phi) is 5.04. The molecule has 0 amide bonds. The normalized spacial score (nSPS) is 20.9. The first-order chi connectivity index (χ1) is 10.5. The molecular weight excluding hydrogens is 284 g/mol. The van der Waals surface area contributed by atoms with Gasteiger partial charge in [-0.15, -0.1) is 0 Å². The fourth-order valence-corrected chi connectivity index (χ4v) is 2.40. The van der Waals surface area contributed by atoms with Gasteiger partial charge in [0.15, 0.2) is 0 Å². The Bertz CT molecular complexity index is 578. The van der Waals surface area contributed by atoms with Gasteiger partial charge in [0.2, 0.25) is 0 Å². The zero-order chi connectivity index (χ0) is 16.1. The maximum absolute atomic E-state index is 12.1. The Morgan fingerprint density at radius 2 is 1.64 bits per heavy atom. The first-order valence-electron chi connectivity index (χ1n) is 7.18. The van der Waals surface area contributed by atoms with E-state index in [0.29, 0.717) is 42.6 Å². The molecule has 6 nitrogen and oxygen atoms in total. The summed E-state index contributed by atoms with van der Waals surface area (Å²) >= 11 is 0. The summed E-state index contributed by atoms with van der Waals surface area (Å²) < 4.78 is 10.6. The number of anilines is 2. The molecule has 6 heteroatoms. The third-order valence-electron chi connectivity index (χ3n) is 3.67. The van der Waals surface area contributed by atoms with Gasteiger partial charge in [0.1, 0.15) is 12.2 Å². The van der Waals surface area contributed by atoms with Gasteiger partial charge in [-0.1, -0.05) is 6.58 Å². The van der Waals surface area contributed by atoms with Crippen molar-refractivity contribution in [2.24, 2.45) is 0 Å². The van der Waals surface area contributed by atoms with E-state index in [1.807, 2.05) is 0 Å². The van der Waals surface area contributed by atoms with Crippen molar-refractivity contribution < 1.29 is 19.1 Å². The third-order valence-corrected chi connectivity index (χ3v) is 3.67. The number of nitrogen functional groups attached to an aromatic ring is 2. The van der Waals surface area contributed by atoms with Crippen molar-refractivity contribution in [3.63, 3.8) is 0 Å². The summed E-state index contributed by atoms with van der Waals surface area (Å²) in [5.41, 5.74) is 12.5. The van der Waals surface area contributed by atoms with E-state index in [1.165, 1.54) is 6.07 Å². The molecule has 0 atom stereocenters. The number of benzene rings is 1. The van der Waals surface area contributed by atoms with Gasteiger partial charge in [-0.2, -0.15) is 0 Å². The highest BCUT2D eigenvalue weighted by Crippen LogP contribution is 2.25. The summed E-state index contributed by atoms with van der Waals surface area (Å²) in [4.78, 5) is 23.2. The molecule has 0 aliphatic heterocycles. The molecule has 22 heavy (non-hydrogen) atoms. The average molecular weight is 304 g/mol. The second-order valence-corrected chi connectivity index (χ2v) is 5.29. The highest BCUT2D eigenvalue weighted by molar-refractivity contribution is 5.91. The molecule has 2 rings (SSSR count). The topological polar surface area (TPSA) is 105 Å². The Balaban J connectivity index is 1.85. The quantitative estimate of drug-likeness (QED) is 0.501. The van der Waals surface area contributed by atoms with Crippen LogP contribution in [-0.4, -0.2) is 24.1 Å². The Labute approximate surface area is 129 Å². The second kappa shape index (κ2) is 6.98. The standard InChI is InChI=1S/C16H20N2O4/c1-2-15(19)21-11-4-6-12(7-5-11)22-16(20)10-3-8-13(17)14(18)9-10/h2-3,8-9,11-12H,1,4-7,17-18H2. The van der Waals surface area contributed by atoms with Gasteiger partial charge in [-0.25, -0.2) is 9.59 Å². The Morgan fingerprint density at radius 1 is 1.05 bits per heavy atom. The predicted molar refractivity (Wildman–Crippen MR) is 83.0 cm³/mol. The summed E-state index contributed by atoms with van der Waals surface area (Å²) in [6.07, 6.45) is 3.49. The molecule has 0 aromatic heterocycles. The Hall–Kier alpha value is -2.50. The predicted octanol–water partition coefficient (Wildman–Crippen LogP) is 2.05. The fourth-order valence-electron chi connectivity index (χ4n) is 2.40. The van der Waals surface area contributed by atoms with Gasteiger partial charge in [0.25, 0.3) is 0 Å². The largest absolute Gasteiger partial charge is 0.459 e. The van der Waals surface area contributed by atoms with Crippen molar-refractivity contribution in [3.05, 3.63) is 36.4 Å². The van der Waals surface area contributed by atoms with Gasteiger partial charge in [-0.05, 0) is 43.9 Å². The molecule has 0 unspecified atom stereocenters. The summed E-state index contributed by atoms with van der Waals surface area (Å²) in [5.74, 6) is -0.837. The molecule has 0 heterocycles. The highest BCUT2D eigenvalue weighted by atomic mass is 16.6. The van der Waals surface area contributed by atoms with Gasteiger partial charge in [0, 0.05) is 6.08 Å². The van der Waals surface area contributed by atoms with E-state index < -0.39 is 11.9 Å². The van der Waals surface area contributed by atoms with E-state index in [1.54, 1.807) is 12.1 Å². The molecule has 0 saturated heterocycles. The summed E-state index contributed by atoms with van der Waals surface area (Å²) in [7, 11) is 0. The number of hydrogen-bond acceptors (Lipinski definition) is 6. The monoisotopic (exact) mass is 304 g/mol. The van der Waals surface area contributed by atoms with Crippen LogP contribution < -0.4 is 11.5 Å². The van der Waals surface area contributed by atoms with Crippen LogP contribution in [0.3, 0.4) is 0 Å². The number of esters is 2. The molecule has 0 bridgehead atoms. The van der Waals surface area contributed by atoms with Crippen molar-refractivity contribution in [1.82, 2.24) is 0 Å². The number of carbonyl (C=O) groups is 2. The van der Waals surface area contributed by atoms with Gasteiger partial charge >= 0.3 is 11.9 Å². The molecule has 1 aliphatic carbocycles. The first-order valence-corrected chi connectivity index (χ1v) is 7.18. The van der Waals surface area contributed by atoms with E-state index in [2.05, 4.69) is 6.58 Å². The van der Waals surface area contributed by atoms with Crippen LogP contribution in [0.5, 0.6) is 0 Å². The molecule has 1 saturated carbocycles. The zero-order valence-corrected chi connectivity index (χ0v) is 12.3. The van der Waals surface area contributed by atoms with E-state index in [0.717, 1.165) is 6.08 Å². The van der Waals surface area contributed by atoms with Crippen molar-refractivity contribution in [2.75, 3.05) is 11.5 Å². The molecule has 1 aliphatic rings. The van der Waals surface area contributed by atoms with Crippen LogP contribution in [0.1, 0.15) is 36.0 Å². The van der Waals surface area contributed by atoms with Crippen LogP contribution in [0.15, 0.2) is 30.9 Å². The number of carbonyl (C=O) groups excluding carboxylic acids is 2. The van der Waals surface area contributed by atoms with E-state index in [9.17, 15) is 9.59 Å². The number of hydrogen-bond donors (Lipinski definition) is 2. The second-order valence-electron chi connectivity index (χ2n) is 5.29. The lowest BCUT2D eigenvalue weighted by atomic mass is 9.95. The minimum Gasteiger partial charge on any atom is -0.459 e. The smallest absolute Gasteiger partial charge is 0.338 e. The number of rotatable bonds is 4. The lowest BCUT2D eigenvalue weighted by Gasteiger charge is -2.27. The minimum absolute atomic E-state index is 0.132. The van der Waals surface area contributed by atoms with Crippen LogP contribution in [0, 0.1) is 0 Å². The summed E-state index contributed by atoms with van der Waals surface area (Å²) in [6, 6.07) is 4.68. The highest BCUT2D eigenvalue weighted by Gasteiger charge is 2.26. The van der Waals surface area contributed by atoms with Crippen molar-refractivity contribution >= 4 is 23.3 Å². The average Bonchev–Trinajstić information content (AvgIpc) is 2.51. The van der Waals surface area contributed by atoms with Crippen LogP contribution in [0.2, 0.25) is 0 Å². The molecule has 1 fully saturated rings. The maximum Gasteiger partial charge on any atom is 0.338 e. The maximum atomic E-state index is 12.1. The van der Waals surface area contributed by atoms with Gasteiger partial charge in [-0.3, -0.25) is 0 Å². The van der Waals surface area contributed by atoms with Crippen LogP contribution in [0.25, 0.3) is 0 Å². The first kappa shape index (κ1) is 15.9. The van der Waals surface area contributed by atoms with Gasteiger partial charge in [0.05, 0.1) is 16.9 Å². The molecule has 0 spiro atoms. The van der Waals surface area contributed by atoms with Crippen molar-refractivity contribution in [2.45, 2.75) is 37.9 Å². The number of nitrogens with two attached hydrogens (primary N) is 2. The Morgan fingerprint density at radius 3 is 2.18 bits per heavy atom. The molecule has 0 radical (unpaired) electrons. The van der Waals surface area contributed by atoms with Crippen molar-refractivity contribution in [1.29, 1.82) is 0 Å². The lowest BCUT2D eigenvalue weighted by molar-refractivity contribution is -0.145. The molecular formula is C16H20N2O4. The minimum atomic E-state index is -0.419. The van der Waals surface area contributed by atoms with Gasteiger partial charge < -0.3 is 20.9 Å². The van der Waals surface area contributed by atoms with E-state index in [4.69, 9.17) is 20.9 Å². The number of ether oxygens (including phenoxy) is 2. The molecule has 1 aromatic rings. The zero-order valence-electron chi connectivity index (χ0n) is 12.3. The van der Waals surface area contributed by atoms with Crippen LogP contribution in [0.4, 0.5) is 11.4 Å². The van der Waals surface area contributed by atoms with Crippen LogP contribution >= 0.6 is 0 Å². The SMILES string of the molecule is C=CC(=O)OC1CCC(OC(=O)c2ccc(N)c(N)c2)CC1. The summed E-state index contributed by atoms with van der Waals surface area (Å²) in [5, 5.41) is 0. The molecule has 4 N–H and O–H groups in total. The molecule has 118 valence electrons. The summed E-state index contributed by atoms with van der Waals surface area (Å²) in [6.45, 7) is 3.36. The van der Waals surface area contributed by atoms with Crippen LogP contribution in [-0.2, 0) is 14.3 Å². The van der Waals surface area contributed by atoms with E-state index >= 15 is 0 Å².